The molecule has 1 heterocycles. The van der Waals surface area contributed by atoms with Gasteiger partial charge < -0.3 is 14.5 Å². The van der Waals surface area contributed by atoms with E-state index in [0.717, 1.165) is 22.9 Å². The zero-order chi connectivity index (χ0) is 20.1. The number of aryl methyl sites for hydroxylation is 2. The maximum atomic E-state index is 12.2. The van der Waals surface area contributed by atoms with Gasteiger partial charge in [-0.15, -0.1) is 10.2 Å². The van der Waals surface area contributed by atoms with Gasteiger partial charge >= 0.3 is 5.97 Å². The number of thioether (sulfide) groups is 1. The van der Waals surface area contributed by atoms with E-state index in [9.17, 15) is 9.59 Å². The van der Waals surface area contributed by atoms with Crippen molar-refractivity contribution in [3.8, 4) is 11.5 Å². The number of carbonyl (C=O) groups is 2. The molecular formula is C20H19N3O4S. The molecule has 3 aromatic rings. The lowest BCUT2D eigenvalue weighted by Gasteiger charge is -2.08. The van der Waals surface area contributed by atoms with Crippen molar-refractivity contribution in [3.05, 3.63) is 59.2 Å². The Morgan fingerprint density at radius 1 is 1.11 bits per heavy atom. The van der Waals surface area contributed by atoms with Crippen molar-refractivity contribution in [2.75, 3.05) is 18.2 Å². The number of rotatable bonds is 6. The zero-order valence-electron chi connectivity index (χ0n) is 15.7. The second-order valence-electron chi connectivity index (χ2n) is 6.05. The Bertz CT molecular complexity index is 1020. The van der Waals surface area contributed by atoms with Crippen LogP contribution in [0.5, 0.6) is 0 Å². The van der Waals surface area contributed by atoms with Gasteiger partial charge in [0, 0.05) is 5.56 Å². The first kappa shape index (κ1) is 19.6. The Morgan fingerprint density at radius 2 is 1.89 bits per heavy atom. The summed E-state index contributed by atoms with van der Waals surface area (Å²) in [7, 11) is 1.29. The fraction of sp³-hybridized carbons (Fsp3) is 0.200. The molecule has 0 saturated heterocycles. The van der Waals surface area contributed by atoms with Crippen LogP contribution in [-0.4, -0.2) is 34.9 Å². The van der Waals surface area contributed by atoms with Crippen molar-refractivity contribution in [1.82, 2.24) is 10.2 Å². The topological polar surface area (TPSA) is 94.3 Å². The van der Waals surface area contributed by atoms with Crippen molar-refractivity contribution >= 4 is 29.3 Å². The number of nitrogens with one attached hydrogen (secondary N) is 1. The second kappa shape index (κ2) is 8.71. The van der Waals surface area contributed by atoms with Crippen LogP contribution in [0.2, 0.25) is 0 Å². The van der Waals surface area contributed by atoms with E-state index in [1.165, 1.54) is 12.7 Å². The van der Waals surface area contributed by atoms with E-state index >= 15 is 0 Å². The number of benzene rings is 2. The number of carbonyl (C=O) groups excluding carboxylic acids is 2. The quantitative estimate of drug-likeness (QED) is 0.498. The number of amides is 1. The molecule has 8 heteroatoms. The number of methoxy groups -OCH3 is 1. The highest BCUT2D eigenvalue weighted by molar-refractivity contribution is 7.99. The van der Waals surface area contributed by atoms with E-state index in [0.29, 0.717) is 16.8 Å². The van der Waals surface area contributed by atoms with Crippen LogP contribution in [0.25, 0.3) is 11.5 Å². The summed E-state index contributed by atoms with van der Waals surface area (Å²) in [5.41, 5.74) is 3.83. The molecule has 0 fully saturated rings. The molecule has 1 aromatic heterocycles. The van der Waals surface area contributed by atoms with Gasteiger partial charge in [0.2, 0.25) is 11.8 Å². The molecule has 0 unspecified atom stereocenters. The van der Waals surface area contributed by atoms with Crippen LogP contribution >= 0.6 is 11.8 Å². The number of para-hydroxylation sites is 1. The number of hydrogen-bond acceptors (Lipinski definition) is 7. The van der Waals surface area contributed by atoms with Crippen molar-refractivity contribution in [1.29, 1.82) is 0 Å². The summed E-state index contributed by atoms with van der Waals surface area (Å²) < 4.78 is 10.4. The predicted octanol–water partition coefficient (Wildman–Crippen LogP) is 3.87. The summed E-state index contributed by atoms with van der Waals surface area (Å²) in [5.74, 6) is -0.350. The molecular weight excluding hydrogens is 378 g/mol. The highest BCUT2D eigenvalue weighted by Gasteiger charge is 2.15. The highest BCUT2D eigenvalue weighted by atomic mass is 32.2. The molecule has 1 N–H and O–H groups in total. The molecule has 144 valence electrons. The highest BCUT2D eigenvalue weighted by Crippen LogP contribution is 2.25. The fourth-order valence-electron chi connectivity index (χ4n) is 2.45. The average molecular weight is 397 g/mol. The summed E-state index contributed by atoms with van der Waals surface area (Å²) in [5, 5.41) is 11.0. The van der Waals surface area contributed by atoms with Gasteiger partial charge in [0.25, 0.3) is 5.22 Å². The van der Waals surface area contributed by atoms with Gasteiger partial charge in [-0.25, -0.2) is 4.79 Å². The number of aromatic nitrogens is 2. The smallest absolute Gasteiger partial charge is 0.339 e. The fourth-order valence-corrected chi connectivity index (χ4v) is 3.02. The summed E-state index contributed by atoms with van der Waals surface area (Å²) in [6.45, 7) is 4.05. The predicted molar refractivity (Wildman–Crippen MR) is 106 cm³/mol. The van der Waals surface area contributed by atoms with Gasteiger partial charge in [-0.2, -0.15) is 0 Å². The lowest BCUT2D eigenvalue weighted by atomic mass is 10.1. The Morgan fingerprint density at radius 3 is 2.64 bits per heavy atom. The van der Waals surface area contributed by atoms with Gasteiger partial charge in [-0.3, -0.25) is 4.79 Å². The molecule has 7 nitrogen and oxygen atoms in total. The number of anilines is 1. The van der Waals surface area contributed by atoms with Crippen LogP contribution in [0.3, 0.4) is 0 Å². The molecule has 2 aromatic carbocycles. The first-order valence-electron chi connectivity index (χ1n) is 8.49. The largest absolute Gasteiger partial charge is 0.465 e. The Hall–Kier alpha value is -3.13. The van der Waals surface area contributed by atoms with E-state index in [4.69, 9.17) is 9.15 Å². The maximum Gasteiger partial charge on any atom is 0.339 e. The van der Waals surface area contributed by atoms with Crippen LogP contribution in [0.15, 0.2) is 52.1 Å². The first-order chi connectivity index (χ1) is 13.5. The SMILES string of the molecule is COC(=O)c1ccccc1NC(=O)CSc1nnc(-c2ccc(C)c(C)c2)o1. The Balaban J connectivity index is 1.62. The van der Waals surface area contributed by atoms with E-state index in [1.54, 1.807) is 24.3 Å². The summed E-state index contributed by atoms with van der Waals surface area (Å²) in [6.07, 6.45) is 0. The Labute approximate surface area is 166 Å². The molecule has 0 spiro atoms. The molecule has 28 heavy (non-hydrogen) atoms. The third kappa shape index (κ3) is 4.58. The maximum absolute atomic E-state index is 12.2. The summed E-state index contributed by atoms with van der Waals surface area (Å²) >= 11 is 1.12. The molecule has 0 saturated carbocycles. The van der Waals surface area contributed by atoms with E-state index < -0.39 is 5.97 Å². The lowest BCUT2D eigenvalue weighted by Crippen LogP contribution is -2.17. The Kier molecular flexibility index (Phi) is 6.10. The van der Waals surface area contributed by atoms with Crippen molar-refractivity contribution in [3.63, 3.8) is 0 Å². The second-order valence-corrected chi connectivity index (χ2v) is 6.97. The van der Waals surface area contributed by atoms with Crippen LogP contribution in [0, 0.1) is 13.8 Å². The molecule has 0 aliphatic heterocycles. The summed E-state index contributed by atoms with van der Waals surface area (Å²) in [4.78, 5) is 24.0. The first-order valence-corrected chi connectivity index (χ1v) is 9.47. The third-order valence-electron chi connectivity index (χ3n) is 4.09. The third-order valence-corrected chi connectivity index (χ3v) is 4.91. The lowest BCUT2D eigenvalue weighted by molar-refractivity contribution is -0.113. The van der Waals surface area contributed by atoms with Gasteiger partial charge in [-0.05, 0) is 49.2 Å². The minimum Gasteiger partial charge on any atom is -0.465 e. The van der Waals surface area contributed by atoms with Gasteiger partial charge in [0.05, 0.1) is 24.1 Å². The van der Waals surface area contributed by atoms with Crippen LogP contribution in [0.1, 0.15) is 21.5 Å². The zero-order valence-corrected chi connectivity index (χ0v) is 16.5. The van der Waals surface area contributed by atoms with Crippen LogP contribution in [0.4, 0.5) is 5.69 Å². The minimum absolute atomic E-state index is 0.0596. The number of hydrogen-bond donors (Lipinski definition) is 1. The number of ether oxygens (including phenoxy) is 1. The van der Waals surface area contributed by atoms with Gasteiger partial charge in [0.1, 0.15) is 0 Å². The normalized spacial score (nSPS) is 10.5. The molecule has 0 aliphatic rings. The van der Waals surface area contributed by atoms with Gasteiger partial charge in [0.15, 0.2) is 0 Å². The monoisotopic (exact) mass is 397 g/mol. The number of esters is 1. The van der Waals surface area contributed by atoms with Crippen LogP contribution < -0.4 is 5.32 Å². The molecule has 0 aliphatic carbocycles. The molecule has 0 atom stereocenters. The van der Waals surface area contributed by atoms with Crippen molar-refractivity contribution in [2.24, 2.45) is 0 Å². The van der Waals surface area contributed by atoms with Crippen molar-refractivity contribution in [2.45, 2.75) is 19.1 Å². The standard InChI is InChI=1S/C20H19N3O4S/c1-12-8-9-14(10-13(12)2)18-22-23-20(27-18)28-11-17(24)21-16-7-5-4-6-15(16)19(25)26-3/h4-10H,11H2,1-3H3,(H,21,24). The van der Waals surface area contributed by atoms with Crippen molar-refractivity contribution < 1.29 is 18.7 Å². The molecule has 0 bridgehead atoms. The molecule has 0 radical (unpaired) electrons. The molecule has 3 rings (SSSR count). The summed E-state index contributed by atoms with van der Waals surface area (Å²) in [6, 6.07) is 12.5. The van der Waals surface area contributed by atoms with Gasteiger partial charge in [-0.1, -0.05) is 30.0 Å². The molecule has 1 amide bonds. The minimum atomic E-state index is -0.515. The van der Waals surface area contributed by atoms with E-state index in [-0.39, 0.29) is 17.2 Å². The number of nitrogens with zero attached hydrogens (tertiary/aromatic N) is 2. The van der Waals surface area contributed by atoms with E-state index in [1.807, 2.05) is 32.0 Å². The average Bonchev–Trinajstić information content (AvgIpc) is 3.17. The van der Waals surface area contributed by atoms with E-state index in [2.05, 4.69) is 15.5 Å². The van der Waals surface area contributed by atoms with Crippen LogP contribution in [-0.2, 0) is 9.53 Å².